The lowest BCUT2D eigenvalue weighted by Gasteiger charge is -2.18. The third-order valence-corrected chi connectivity index (χ3v) is 12.8. The molecule has 0 aliphatic heterocycles. The zero-order valence-corrected chi connectivity index (χ0v) is 28.6. The van der Waals surface area contributed by atoms with Gasteiger partial charge in [-0.05, 0) is 84.6 Å². The highest BCUT2D eigenvalue weighted by Crippen LogP contribution is 2.46. The summed E-state index contributed by atoms with van der Waals surface area (Å²) < 4.78 is 5.42. The average molecular weight is 669 g/mol. The molecule has 11 rings (SSSR count). The van der Waals surface area contributed by atoms with Gasteiger partial charge in [0.05, 0.1) is 0 Å². The van der Waals surface area contributed by atoms with Gasteiger partial charge in [0.2, 0.25) is 0 Å². The summed E-state index contributed by atoms with van der Waals surface area (Å²) >= 11 is 3.81. The molecular weight excluding hydrogens is 641 g/mol. The average Bonchev–Trinajstić information content (AvgIpc) is 3.76. The van der Waals surface area contributed by atoms with E-state index in [1.54, 1.807) is 0 Å². The molecule has 0 saturated carbocycles. The van der Waals surface area contributed by atoms with E-state index in [1.807, 2.05) is 22.7 Å². The van der Waals surface area contributed by atoms with Crippen molar-refractivity contribution in [3.63, 3.8) is 0 Å². The van der Waals surface area contributed by atoms with E-state index in [-0.39, 0.29) is 0 Å². The summed E-state index contributed by atoms with van der Waals surface area (Å²) in [4.78, 5) is 0. The topological polar surface area (TPSA) is 0 Å². The smallest absolute Gasteiger partial charge is 0.0434 e. The zero-order valence-electron chi connectivity index (χ0n) is 27.0. The van der Waals surface area contributed by atoms with Gasteiger partial charge in [-0.15, -0.1) is 22.7 Å². The maximum Gasteiger partial charge on any atom is 0.0434 e. The van der Waals surface area contributed by atoms with Gasteiger partial charge in [0, 0.05) is 45.7 Å². The van der Waals surface area contributed by atoms with Gasteiger partial charge in [0.15, 0.2) is 0 Å². The molecule has 0 N–H and O–H groups in total. The molecule has 50 heavy (non-hydrogen) atoms. The molecule has 2 heteroatoms. The Labute approximate surface area is 297 Å². The van der Waals surface area contributed by atoms with Gasteiger partial charge in [-0.3, -0.25) is 0 Å². The molecule has 2 heterocycles. The third-order valence-electron chi connectivity index (χ3n) is 10.5. The summed E-state index contributed by atoms with van der Waals surface area (Å²) in [7, 11) is 0. The Kier molecular flexibility index (Phi) is 6.09. The molecule has 232 valence electrons. The SMILES string of the molecule is c1ccc(-c2c3ccccc3c(-c3ccc(-c4ccc5sc6c(ccc7c6ccc6sc8ccccc8c67)c5c4)cc3)c3ccccc23)cc1. The monoisotopic (exact) mass is 668 g/mol. The lowest BCUT2D eigenvalue weighted by atomic mass is 9.86. The van der Waals surface area contributed by atoms with Gasteiger partial charge < -0.3 is 0 Å². The van der Waals surface area contributed by atoms with Gasteiger partial charge in [0.1, 0.15) is 0 Å². The van der Waals surface area contributed by atoms with Gasteiger partial charge in [0.25, 0.3) is 0 Å². The molecule has 0 amide bonds. The van der Waals surface area contributed by atoms with E-state index >= 15 is 0 Å². The summed E-state index contributed by atoms with van der Waals surface area (Å²) in [6, 6.07) is 63.0. The fraction of sp³-hybridized carbons (Fsp3) is 0. The Hall–Kier alpha value is -5.80. The van der Waals surface area contributed by atoms with Crippen LogP contribution in [0.2, 0.25) is 0 Å². The van der Waals surface area contributed by atoms with Crippen LogP contribution in [0.5, 0.6) is 0 Å². The van der Waals surface area contributed by atoms with Crippen molar-refractivity contribution in [1.82, 2.24) is 0 Å². The third kappa shape index (κ3) is 4.10. The Bertz CT molecular complexity index is 3070. The lowest BCUT2D eigenvalue weighted by Crippen LogP contribution is -1.90. The second-order valence-electron chi connectivity index (χ2n) is 13.2. The first-order chi connectivity index (χ1) is 24.8. The molecule has 0 atom stereocenters. The van der Waals surface area contributed by atoms with Crippen molar-refractivity contribution in [3.8, 4) is 33.4 Å². The van der Waals surface area contributed by atoms with E-state index in [1.165, 1.54) is 106 Å². The van der Waals surface area contributed by atoms with Crippen LogP contribution >= 0.6 is 22.7 Å². The second-order valence-corrected chi connectivity index (χ2v) is 15.3. The number of benzene rings is 9. The minimum atomic E-state index is 1.23. The van der Waals surface area contributed by atoms with E-state index in [0.29, 0.717) is 0 Å². The molecule has 11 aromatic rings. The highest BCUT2D eigenvalue weighted by atomic mass is 32.1. The van der Waals surface area contributed by atoms with Crippen molar-refractivity contribution in [2.45, 2.75) is 0 Å². The standard InChI is InChI=1S/C48H28S2/c1-2-10-30(11-3-1)45-33-12-4-6-14-35(33)46(36-15-7-5-13-34(36)45)31-20-18-29(19-21-31)32-22-26-43-41(28-32)39-24-23-37-38(48(39)50-43)25-27-44-47(37)40-16-8-9-17-42(40)49-44/h1-28H. The molecule has 0 radical (unpaired) electrons. The van der Waals surface area contributed by atoms with Crippen molar-refractivity contribution < 1.29 is 0 Å². The number of thiophene rings is 2. The lowest BCUT2D eigenvalue weighted by molar-refractivity contribution is 1.63. The van der Waals surface area contributed by atoms with Crippen LogP contribution in [-0.2, 0) is 0 Å². The molecule has 0 unspecified atom stereocenters. The van der Waals surface area contributed by atoms with Crippen molar-refractivity contribution >= 4 is 95.3 Å². The Morgan fingerprint density at radius 3 is 1.44 bits per heavy atom. The van der Waals surface area contributed by atoms with Gasteiger partial charge in [-0.1, -0.05) is 146 Å². The summed E-state index contributed by atoms with van der Waals surface area (Å²) in [5.41, 5.74) is 7.56. The van der Waals surface area contributed by atoms with E-state index in [0.717, 1.165) is 0 Å². The predicted molar refractivity (Wildman–Crippen MR) is 221 cm³/mol. The molecular formula is C48H28S2. The number of fused-ring (bicyclic) bond motifs is 11. The van der Waals surface area contributed by atoms with E-state index in [4.69, 9.17) is 0 Å². The first-order valence-electron chi connectivity index (χ1n) is 17.1. The number of rotatable bonds is 3. The fourth-order valence-corrected chi connectivity index (χ4v) is 10.6. The second kappa shape index (κ2) is 10.9. The molecule has 9 aromatic carbocycles. The molecule has 0 spiro atoms. The molecule has 2 aromatic heterocycles. The first-order valence-corrected chi connectivity index (χ1v) is 18.7. The largest absolute Gasteiger partial charge is 0.135 e. The van der Waals surface area contributed by atoms with E-state index in [9.17, 15) is 0 Å². The molecule has 0 nitrogen and oxygen atoms in total. The molecule has 0 bridgehead atoms. The zero-order chi connectivity index (χ0) is 32.8. The van der Waals surface area contributed by atoms with Crippen LogP contribution in [0.1, 0.15) is 0 Å². The summed E-state index contributed by atoms with van der Waals surface area (Å²) in [5, 5.41) is 13.3. The van der Waals surface area contributed by atoms with E-state index < -0.39 is 0 Å². The molecule has 0 saturated heterocycles. The van der Waals surface area contributed by atoms with Crippen LogP contribution in [-0.4, -0.2) is 0 Å². The van der Waals surface area contributed by atoms with E-state index in [2.05, 4.69) is 170 Å². The van der Waals surface area contributed by atoms with Crippen molar-refractivity contribution in [2.24, 2.45) is 0 Å². The van der Waals surface area contributed by atoms with Crippen molar-refractivity contribution in [3.05, 3.63) is 170 Å². The molecule has 0 aliphatic rings. The quantitative estimate of drug-likeness (QED) is 0.164. The maximum atomic E-state index is 2.40. The van der Waals surface area contributed by atoms with Crippen molar-refractivity contribution in [1.29, 1.82) is 0 Å². The van der Waals surface area contributed by atoms with Gasteiger partial charge >= 0.3 is 0 Å². The normalized spacial score (nSPS) is 12.0. The summed E-state index contributed by atoms with van der Waals surface area (Å²) in [6.07, 6.45) is 0. The van der Waals surface area contributed by atoms with Crippen LogP contribution in [0.3, 0.4) is 0 Å². The van der Waals surface area contributed by atoms with Gasteiger partial charge in [-0.25, -0.2) is 0 Å². The molecule has 0 aliphatic carbocycles. The van der Waals surface area contributed by atoms with Crippen LogP contribution in [0.15, 0.2) is 170 Å². The highest BCUT2D eigenvalue weighted by Gasteiger charge is 2.17. The van der Waals surface area contributed by atoms with Crippen molar-refractivity contribution in [2.75, 3.05) is 0 Å². The van der Waals surface area contributed by atoms with Crippen LogP contribution in [0, 0.1) is 0 Å². The van der Waals surface area contributed by atoms with Gasteiger partial charge in [-0.2, -0.15) is 0 Å². The fourth-order valence-electron chi connectivity index (χ4n) is 8.23. The Morgan fingerprint density at radius 2 is 0.740 bits per heavy atom. The highest BCUT2D eigenvalue weighted by molar-refractivity contribution is 7.27. The Balaban J connectivity index is 1.05. The predicted octanol–water partition coefficient (Wildman–Crippen LogP) is 14.9. The van der Waals surface area contributed by atoms with Crippen LogP contribution < -0.4 is 0 Å². The maximum absolute atomic E-state index is 2.40. The number of hydrogen-bond acceptors (Lipinski definition) is 2. The molecule has 0 fully saturated rings. The Morgan fingerprint density at radius 1 is 0.260 bits per heavy atom. The van der Waals surface area contributed by atoms with Crippen LogP contribution in [0.4, 0.5) is 0 Å². The summed E-state index contributed by atoms with van der Waals surface area (Å²) in [6.45, 7) is 0. The first kappa shape index (κ1) is 28.1. The number of hydrogen-bond donors (Lipinski definition) is 0. The summed E-state index contributed by atoms with van der Waals surface area (Å²) in [5.74, 6) is 0. The minimum absolute atomic E-state index is 1.23. The minimum Gasteiger partial charge on any atom is -0.135 e. The van der Waals surface area contributed by atoms with Crippen LogP contribution in [0.25, 0.3) is 106 Å².